The van der Waals surface area contributed by atoms with Crippen LogP contribution < -0.4 is 4.90 Å². The van der Waals surface area contributed by atoms with Gasteiger partial charge < -0.3 is 4.90 Å². The van der Waals surface area contributed by atoms with Gasteiger partial charge >= 0.3 is 0 Å². The number of benzene rings is 1. The molecule has 2 rings (SSSR count). The van der Waals surface area contributed by atoms with Gasteiger partial charge in [0, 0.05) is 25.3 Å². The van der Waals surface area contributed by atoms with Gasteiger partial charge in [-0.15, -0.1) is 0 Å². The van der Waals surface area contributed by atoms with Crippen molar-refractivity contribution < 1.29 is 4.92 Å². The number of halogens is 1. The van der Waals surface area contributed by atoms with E-state index in [9.17, 15) is 10.1 Å². The van der Waals surface area contributed by atoms with Gasteiger partial charge in [0.2, 0.25) is 0 Å². The molecule has 1 heterocycles. The van der Waals surface area contributed by atoms with Crippen LogP contribution in [0.1, 0.15) is 5.56 Å². The molecule has 14 heavy (non-hydrogen) atoms. The number of fused-ring (bicyclic) bond motifs is 1. The number of anilines is 1. The number of nitro benzene ring substituents is 1. The summed E-state index contributed by atoms with van der Waals surface area (Å²) in [6.45, 7) is 0.933. The van der Waals surface area contributed by atoms with Gasteiger partial charge in [0.05, 0.1) is 9.40 Å². The van der Waals surface area contributed by atoms with Crippen LogP contribution in [0.4, 0.5) is 11.4 Å². The second-order valence-electron chi connectivity index (χ2n) is 3.36. The molecule has 0 unspecified atom stereocenters. The average Bonchev–Trinajstić information content (AvgIpc) is 2.46. The largest absolute Gasteiger partial charge is 0.374 e. The topological polar surface area (TPSA) is 46.4 Å². The number of rotatable bonds is 1. The molecule has 1 aromatic rings. The zero-order valence-corrected chi connectivity index (χ0v) is 9.24. The highest BCUT2D eigenvalue weighted by Crippen LogP contribution is 2.35. The summed E-state index contributed by atoms with van der Waals surface area (Å²) in [5.41, 5.74) is 2.28. The SMILES string of the molecule is CN1CCc2cc(Br)c([N+](=O)[O-])cc21. The lowest BCUT2D eigenvalue weighted by Crippen LogP contribution is -2.12. The first kappa shape index (κ1) is 9.45. The lowest BCUT2D eigenvalue weighted by molar-refractivity contribution is -0.385. The molecule has 0 spiro atoms. The molecule has 0 fully saturated rings. The average molecular weight is 257 g/mol. The van der Waals surface area contributed by atoms with E-state index in [2.05, 4.69) is 15.9 Å². The smallest absolute Gasteiger partial charge is 0.285 e. The van der Waals surface area contributed by atoms with Gasteiger partial charge in [-0.25, -0.2) is 0 Å². The monoisotopic (exact) mass is 256 g/mol. The van der Waals surface area contributed by atoms with Gasteiger partial charge in [-0.2, -0.15) is 0 Å². The molecule has 0 saturated carbocycles. The van der Waals surface area contributed by atoms with Crippen molar-refractivity contribution in [3.8, 4) is 0 Å². The second-order valence-corrected chi connectivity index (χ2v) is 4.22. The zero-order chi connectivity index (χ0) is 10.3. The third-order valence-electron chi connectivity index (χ3n) is 2.47. The third kappa shape index (κ3) is 1.37. The molecule has 0 aromatic heterocycles. The zero-order valence-electron chi connectivity index (χ0n) is 7.66. The summed E-state index contributed by atoms with van der Waals surface area (Å²) in [7, 11) is 1.95. The minimum Gasteiger partial charge on any atom is -0.374 e. The van der Waals surface area contributed by atoms with E-state index in [-0.39, 0.29) is 10.6 Å². The van der Waals surface area contributed by atoms with Crippen LogP contribution >= 0.6 is 15.9 Å². The highest BCUT2D eigenvalue weighted by atomic mass is 79.9. The van der Waals surface area contributed by atoms with Gasteiger partial charge in [0.25, 0.3) is 5.69 Å². The van der Waals surface area contributed by atoms with E-state index in [0.29, 0.717) is 4.47 Å². The summed E-state index contributed by atoms with van der Waals surface area (Å²) in [4.78, 5) is 12.4. The van der Waals surface area contributed by atoms with E-state index in [1.54, 1.807) is 6.07 Å². The molecular formula is C9H9BrN2O2. The van der Waals surface area contributed by atoms with Crippen LogP contribution in [0.3, 0.4) is 0 Å². The van der Waals surface area contributed by atoms with Gasteiger partial charge in [-0.3, -0.25) is 10.1 Å². The number of nitro groups is 1. The lowest BCUT2D eigenvalue weighted by Gasteiger charge is -2.11. The lowest BCUT2D eigenvalue weighted by atomic mass is 10.1. The summed E-state index contributed by atoms with van der Waals surface area (Å²) in [5, 5.41) is 10.7. The molecule has 1 aromatic carbocycles. The van der Waals surface area contributed by atoms with Gasteiger partial charge in [0.15, 0.2) is 0 Å². The Labute approximate surface area is 89.8 Å². The maximum Gasteiger partial charge on any atom is 0.285 e. The molecule has 1 aliphatic heterocycles. The first-order valence-corrected chi connectivity index (χ1v) is 5.07. The molecule has 0 saturated heterocycles. The van der Waals surface area contributed by atoms with Crippen molar-refractivity contribution in [2.24, 2.45) is 0 Å². The summed E-state index contributed by atoms with van der Waals surface area (Å²) in [6.07, 6.45) is 0.961. The van der Waals surface area contributed by atoms with E-state index in [4.69, 9.17) is 0 Å². The molecule has 0 amide bonds. The first-order valence-electron chi connectivity index (χ1n) is 4.27. The Kier molecular flexibility index (Phi) is 2.19. The second kappa shape index (κ2) is 3.24. The maximum absolute atomic E-state index is 10.7. The van der Waals surface area contributed by atoms with Crippen molar-refractivity contribution in [1.29, 1.82) is 0 Å². The van der Waals surface area contributed by atoms with E-state index in [0.717, 1.165) is 18.7 Å². The van der Waals surface area contributed by atoms with Crippen molar-refractivity contribution in [2.75, 3.05) is 18.5 Å². The van der Waals surface area contributed by atoms with Crippen LogP contribution in [0.5, 0.6) is 0 Å². The Balaban J connectivity index is 2.57. The van der Waals surface area contributed by atoms with Crippen LogP contribution in [0, 0.1) is 10.1 Å². The minimum atomic E-state index is -0.365. The summed E-state index contributed by atoms with van der Waals surface area (Å²) in [5.74, 6) is 0. The van der Waals surface area contributed by atoms with Crippen LogP contribution in [0.25, 0.3) is 0 Å². The fourth-order valence-electron chi connectivity index (χ4n) is 1.70. The Morgan fingerprint density at radius 2 is 2.29 bits per heavy atom. The molecule has 74 valence electrons. The number of hydrogen-bond acceptors (Lipinski definition) is 3. The minimum absolute atomic E-state index is 0.137. The van der Waals surface area contributed by atoms with E-state index in [1.807, 2.05) is 18.0 Å². The summed E-state index contributed by atoms with van der Waals surface area (Å²) >= 11 is 3.21. The van der Waals surface area contributed by atoms with Crippen LogP contribution in [0.2, 0.25) is 0 Å². The Bertz CT molecular complexity index is 406. The van der Waals surface area contributed by atoms with Gasteiger partial charge in [-0.05, 0) is 34.0 Å². The molecule has 0 bridgehead atoms. The molecule has 1 aliphatic rings. The standard InChI is InChI=1S/C9H9BrN2O2/c1-11-3-2-6-4-7(10)9(12(13)14)5-8(6)11/h4-5H,2-3H2,1H3. The predicted octanol–water partition coefficient (Wildman–Crippen LogP) is 2.35. The Morgan fingerprint density at radius 3 is 2.93 bits per heavy atom. The highest BCUT2D eigenvalue weighted by molar-refractivity contribution is 9.10. The van der Waals surface area contributed by atoms with Crippen LogP contribution in [-0.4, -0.2) is 18.5 Å². The van der Waals surface area contributed by atoms with Gasteiger partial charge in [-0.1, -0.05) is 0 Å². The highest BCUT2D eigenvalue weighted by Gasteiger charge is 2.22. The van der Waals surface area contributed by atoms with E-state index >= 15 is 0 Å². The molecule has 4 nitrogen and oxygen atoms in total. The van der Waals surface area contributed by atoms with Crippen molar-refractivity contribution in [3.05, 3.63) is 32.3 Å². The Hall–Kier alpha value is -1.10. The molecule has 0 radical (unpaired) electrons. The molecule has 0 N–H and O–H groups in total. The van der Waals surface area contributed by atoms with Crippen LogP contribution in [0.15, 0.2) is 16.6 Å². The summed E-state index contributed by atoms with van der Waals surface area (Å²) in [6, 6.07) is 3.48. The van der Waals surface area contributed by atoms with E-state index < -0.39 is 0 Å². The summed E-state index contributed by atoms with van der Waals surface area (Å²) < 4.78 is 0.566. The molecule has 5 heteroatoms. The molecule has 0 atom stereocenters. The van der Waals surface area contributed by atoms with Gasteiger partial charge in [0.1, 0.15) is 0 Å². The number of nitrogens with zero attached hydrogens (tertiary/aromatic N) is 2. The van der Waals surface area contributed by atoms with E-state index in [1.165, 1.54) is 5.56 Å². The molecule has 0 aliphatic carbocycles. The molecular weight excluding hydrogens is 248 g/mol. The first-order chi connectivity index (χ1) is 6.59. The quantitative estimate of drug-likeness (QED) is 0.573. The van der Waals surface area contributed by atoms with Crippen molar-refractivity contribution in [3.63, 3.8) is 0 Å². The van der Waals surface area contributed by atoms with Crippen LogP contribution in [-0.2, 0) is 6.42 Å². The van der Waals surface area contributed by atoms with Crippen molar-refractivity contribution >= 4 is 27.3 Å². The fourth-order valence-corrected chi connectivity index (χ4v) is 2.23. The Morgan fingerprint density at radius 1 is 1.57 bits per heavy atom. The maximum atomic E-state index is 10.7. The normalized spacial score (nSPS) is 14.3. The fraction of sp³-hybridized carbons (Fsp3) is 0.333. The number of likely N-dealkylation sites (N-methyl/N-ethyl adjacent to an activating group) is 1. The number of hydrogen-bond donors (Lipinski definition) is 0. The van der Waals surface area contributed by atoms with Crippen molar-refractivity contribution in [2.45, 2.75) is 6.42 Å². The van der Waals surface area contributed by atoms with Crippen molar-refractivity contribution in [1.82, 2.24) is 0 Å². The third-order valence-corrected chi connectivity index (χ3v) is 3.11. The predicted molar refractivity (Wildman–Crippen MR) is 57.8 cm³/mol.